The second kappa shape index (κ2) is 7.45. The molecule has 1 aliphatic rings. The smallest absolute Gasteiger partial charge is 0.315 e. The van der Waals surface area contributed by atoms with Crippen molar-refractivity contribution in [1.29, 1.82) is 0 Å². The Morgan fingerprint density at radius 2 is 1.92 bits per heavy atom. The molecule has 1 aliphatic heterocycles. The number of ether oxygens (including phenoxy) is 2. The molecule has 3 rings (SSSR count). The number of carbonyl (C=O) groups excluding carboxylic acids is 1. The highest BCUT2D eigenvalue weighted by Gasteiger charge is 2.15. The molecular formula is C18H19ClN2O3. The van der Waals surface area contributed by atoms with Crippen LogP contribution < -0.4 is 20.1 Å². The van der Waals surface area contributed by atoms with E-state index in [4.69, 9.17) is 21.1 Å². The Kier molecular flexibility index (Phi) is 5.11. The Morgan fingerprint density at radius 3 is 2.67 bits per heavy atom. The molecule has 0 spiro atoms. The van der Waals surface area contributed by atoms with Crippen molar-refractivity contribution in [1.82, 2.24) is 10.6 Å². The highest BCUT2D eigenvalue weighted by Crippen LogP contribution is 2.32. The lowest BCUT2D eigenvalue weighted by atomic mass is 10.1. The molecule has 0 fully saturated rings. The largest absolute Gasteiger partial charge is 0.454 e. The predicted octanol–water partition coefficient (Wildman–Crippen LogP) is 4.02. The Labute approximate surface area is 145 Å². The number of carbonyl (C=O) groups is 1. The van der Waals surface area contributed by atoms with E-state index >= 15 is 0 Å². The molecule has 2 amide bonds. The van der Waals surface area contributed by atoms with Crippen LogP contribution in [0.3, 0.4) is 0 Å². The SMILES string of the molecule is CCC(NC(=O)NCc1ccc2c(c1)OCO2)c1ccc(Cl)cc1. The minimum absolute atomic E-state index is 0.0565. The summed E-state index contributed by atoms with van der Waals surface area (Å²) in [6.07, 6.45) is 0.791. The number of nitrogens with one attached hydrogen (secondary N) is 2. The van der Waals surface area contributed by atoms with Crippen molar-refractivity contribution in [2.24, 2.45) is 0 Å². The second-order valence-electron chi connectivity index (χ2n) is 5.53. The minimum Gasteiger partial charge on any atom is -0.454 e. The van der Waals surface area contributed by atoms with Crippen LogP contribution in [0.2, 0.25) is 5.02 Å². The van der Waals surface area contributed by atoms with Gasteiger partial charge in [-0.25, -0.2) is 4.79 Å². The quantitative estimate of drug-likeness (QED) is 0.859. The molecule has 2 aromatic rings. The molecule has 2 aromatic carbocycles. The van der Waals surface area contributed by atoms with Gasteiger partial charge in [0.2, 0.25) is 6.79 Å². The van der Waals surface area contributed by atoms with Crippen LogP contribution in [0.4, 0.5) is 4.79 Å². The summed E-state index contributed by atoms with van der Waals surface area (Å²) in [7, 11) is 0. The van der Waals surface area contributed by atoms with Gasteiger partial charge in [0.25, 0.3) is 0 Å². The zero-order valence-electron chi connectivity index (χ0n) is 13.3. The average Bonchev–Trinajstić information content (AvgIpc) is 3.06. The van der Waals surface area contributed by atoms with Gasteiger partial charge < -0.3 is 20.1 Å². The Hall–Kier alpha value is -2.40. The molecule has 24 heavy (non-hydrogen) atoms. The monoisotopic (exact) mass is 346 g/mol. The maximum Gasteiger partial charge on any atom is 0.315 e. The molecule has 6 heteroatoms. The second-order valence-corrected chi connectivity index (χ2v) is 5.96. The first-order valence-electron chi connectivity index (χ1n) is 7.84. The van der Waals surface area contributed by atoms with E-state index < -0.39 is 0 Å². The third-order valence-corrected chi connectivity index (χ3v) is 4.13. The van der Waals surface area contributed by atoms with Gasteiger partial charge in [-0.1, -0.05) is 36.7 Å². The van der Waals surface area contributed by atoms with Gasteiger partial charge >= 0.3 is 6.03 Å². The third-order valence-electron chi connectivity index (χ3n) is 3.88. The van der Waals surface area contributed by atoms with Gasteiger partial charge in [-0.15, -0.1) is 0 Å². The summed E-state index contributed by atoms with van der Waals surface area (Å²) in [6, 6.07) is 12.9. The van der Waals surface area contributed by atoms with Gasteiger partial charge in [-0.2, -0.15) is 0 Å². The van der Waals surface area contributed by atoms with Crippen LogP contribution in [0.5, 0.6) is 11.5 Å². The Bertz CT molecular complexity index is 719. The molecule has 1 unspecified atom stereocenters. The van der Waals surface area contributed by atoms with Crippen molar-refractivity contribution in [3.63, 3.8) is 0 Å². The minimum atomic E-state index is -0.213. The van der Waals surface area contributed by atoms with Gasteiger partial charge in [0.1, 0.15) is 0 Å². The van der Waals surface area contributed by atoms with Crippen molar-refractivity contribution in [2.45, 2.75) is 25.9 Å². The van der Waals surface area contributed by atoms with E-state index in [1.165, 1.54) is 0 Å². The van der Waals surface area contributed by atoms with Crippen LogP contribution in [-0.2, 0) is 6.54 Å². The van der Waals surface area contributed by atoms with Gasteiger partial charge in [-0.05, 0) is 41.8 Å². The Morgan fingerprint density at radius 1 is 1.17 bits per heavy atom. The Balaban J connectivity index is 1.55. The predicted molar refractivity (Wildman–Crippen MR) is 92.4 cm³/mol. The molecule has 2 N–H and O–H groups in total. The van der Waals surface area contributed by atoms with E-state index in [0.29, 0.717) is 17.3 Å². The maximum absolute atomic E-state index is 12.2. The van der Waals surface area contributed by atoms with Crippen molar-refractivity contribution >= 4 is 17.6 Å². The first-order chi connectivity index (χ1) is 11.7. The van der Waals surface area contributed by atoms with E-state index in [1.54, 1.807) is 0 Å². The summed E-state index contributed by atoms with van der Waals surface area (Å²) in [5.74, 6) is 1.44. The summed E-state index contributed by atoms with van der Waals surface area (Å²) < 4.78 is 10.6. The molecular weight excluding hydrogens is 328 g/mol. The number of amides is 2. The lowest BCUT2D eigenvalue weighted by molar-refractivity contribution is 0.174. The first-order valence-corrected chi connectivity index (χ1v) is 8.22. The van der Waals surface area contributed by atoms with Crippen molar-refractivity contribution in [3.05, 3.63) is 58.6 Å². The molecule has 0 bridgehead atoms. The number of hydrogen-bond acceptors (Lipinski definition) is 3. The molecule has 0 aromatic heterocycles. The van der Waals surface area contributed by atoms with Crippen molar-refractivity contribution in [3.8, 4) is 11.5 Å². The van der Waals surface area contributed by atoms with Crippen LogP contribution in [-0.4, -0.2) is 12.8 Å². The molecule has 5 nitrogen and oxygen atoms in total. The maximum atomic E-state index is 12.2. The van der Waals surface area contributed by atoms with Crippen LogP contribution in [0.15, 0.2) is 42.5 Å². The first kappa shape index (κ1) is 16.5. The molecule has 1 atom stereocenters. The zero-order chi connectivity index (χ0) is 16.9. The lowest BCUT2D eigenvalue weighted by Crippen LogP contribution is -2.37. The number of hydrogen-bond donors (Lipinski definition) is 2. The molecule has 126 valence electrons. The van der Waals surface area contributed by atoms with Crippen LogP contribution >= 0.6 is 11.6 Å². The summed E-state index contributed by atoms with van der Waals surface area (Å²) >= 11 is 5.90. The van der Waals surface area contributed by atoms with Crippen LogP contribution in [0.25, 0.3) is 0 Å². The summed E-state index contributed by atoms with van der Waals surface area (Å²) in [5, 5.41) is 6.52. The fraction of sp³-hybridized carbons (Fsp3) is 0.278. The number of urea groups is 1. The van der Waals surface area contributed by atoms with Gasteiger partial charge in [0.15, 0.2) is 11.5 Å². The van der Waals surface area contributed by atoms with E-state index in [2.05, 4.69) is 10.6 Å². The summed E-state index contributed by atoms with van der Waals surface area (Å²) in [4.78, 5) is 12.2. The fourth-order valence-electron chi connectivity index (χ4n) is 2.56. The average molecular weight is 347 g/mol. The van der Waals surface area contributed by atoms with E-state index in [0.717, 1.165) is 23.3 Å². The number of rotatable bonds is 5. The molecule has 1 heterocycles. The summed E-state index contributed by atoms with van der Waals surface area (Å²) in [5.41, 5.74) is 1.98. The van der Waals surface area contributed by atoms with Gasteiger partial charge in [-0.3, -0.25) is 0 Å². The molecule has 0 saturated carbocycles. The fourth-order valence-corrected chi connectivity index (χ4v) is 2.68. The van der Waals surface area contributed by atoms with E-state index in [-0.39, 0.29) is 18.9 Å². The van der Waals surface area contributed by atoms with Crippen molar-refractivity contribution < 1.29 is 14.3 Å². The van der Waals surface area contributed by atoms with Crippen LogP contribution in [0.1, 0.15) is 30.5 Å². The summed E-state index contributed by atoms with van der Waals surface area (Å²) in [6.45, 7) is 2.68. The highest BCUT2D eigenvalue weighted by molar-refractivity contribution is 6.30. The standard InChI is InChI=1S/C18H19ClN2O3/c1-2-15(13-4-6-14(19)7-5-13)21-18(22)20-10-12-3-8-16-17(9-12)24-11-23-16/h3-9,15H,2,10-11H2,1H3,(H2,20,21,22). The third kappa shape index (κ3) is 3.92. The number of benzene rings is 2. The molecule has 0 radical (unpaired) electrons. The van der Waals surface area contributed by atoms with Gasteiger partial charge in [0.05, 0.1) is 6.04 Å². The van der Waals surface area contributed by atoms with E-state index in [9.17, 15) is 4.79 Å². The number of halogens is 1. The zero-order valence-corrected chi connectivity index (χ0v) is 14.1. The van der Waals surface area contributed by atoms with Gasteiger partial charge in [0, 0.05) is 11.6 Å². The topological polar surface area (TPSA) is 59.6 Å². The lowest BCUT2D eigenvalue weighted by Gasteiger charge is -2.18. The van der Waals surface area contributed by atoms with Crippen LogP contribution in [0, 0.1) is 0 Å². The normalized spacial score (nSPS) is 13.4. The highest BCUT2D eigenvalue weighted by atomic mass is 35.5. The molecule has 0 saturated heterocycles. The van der Waals surface area contributed by atoms with Crippen molar-refractivity contribution in [2.75, 3.05) is 6.79 Å². The van der Waals surface area contributed by atoms with E-state index in [1.807, 2.05) is 49.4 Å². The molecule has 0 aliphatic carbocycles. The number of fused-ring (bicyclic) bond motifs is 1.